The second-order valence-electron chi connectivity index (χ2n) is 15.5. The maximum atomic E-state index is 5.15. The van der Waals surface area contributed by atoms with Gasteiger partial charge in [-0.25, -0.2) is 15.0 Å². The van der Waals surface area contributed by atoms with E-state index in [1.807, 2.05) is 37.3 Å². The van der Waals surface area contributed by atoms with Crippen molar-refractivity contribution in [3.05, 3.63) is 194 Å². The molecule has 3 aromatic heterocycles. The molecular weight excluding hydrogens is 743 g/mol. The smallest absolute Gasteiger partial charge is 0.163 e. The van der Waals surface area contributed by atoms with Gasteiger partial charge in [-0.2, -0.15) is 0 Å². The highest BCUT2D eigenvalue weighted by Gasteiger charge is 2.26. The first kappa shape index (κ1) is 34.9. The molecule has 61 heavy (non-hydrogen) atoms. The molecule has 0 aliphatic heterocycles. The van der Waals surface area contributed by atoms with E-state index in [-0.39, 0.29) is 0 Å². The van der Waals surface area contributed by atoms with E-state index in [4.69, 9.17) is 9.97 Å². The van der Waals surface area contributed by atoms with Crippen LogP contribution in [0.5, 0.6) is 0 Å². The lowest BCUT2D eigenvalue weighted by Crippen LogP contribution is -1.98. The first-order valence-electron chi connectivity index (χ1n) is 20.7. The summed E-state index contributed by atoms with van der Waals surface area (Å²) in [5.41, 5.74) is 10.5. The molecular formula is C56H37N5. The van der Waals surface area contributed by atoms with Gasteiger partial charge < -0.3 is 9.13 Å². The summed E-state index contributed by atoms with van der Waals surface area (Å²) in [4.78, 5) is 14.4. The minimum atomic E-state index is 0.555. The molecule has 0 atom stereocenters. The summed E-state index contributed by atoms with van der Waals surface area (Å²) in [5.74, 6) is 1.16. The van der Waals surface area contributed by atoms with Crippen molar-refractivity contribution in [3.63, 3.8) is 0 Å². The standard InChI is InChI=1S/C56H37N5/c1-3-18-45-52(35-19-6-4-7-20-35)58-55(59-56(45)57-2)36-31-33-38(34-32-36)61-47-30-17-15-28-44(47)50-51-48(40-24-11-13-26-42(40)54(50)61)39-23-10-12-25-41(39)53-49(51)43-27-14-16-29-46(43)60(53)37-21-8-5-9-22-37/h3-34H,2H2,1H3/b18-3-. The van der Waals surface area contributed by atoms with Gasteiger partial charge in [0.1, 0.15) is 0 Å². The summed E-state index contributed by atoms with van der Waals surface area (Å²) < 4.78 is 4.92. The molecule has 0 saturated heterocycles. The third kappa shape index (κ3) is 5.11. The number of para-hydroxylation sites is 3. The SMILES string of the molecule is C=Nc1nc(-c2ccc(-n3c4ccccc4c4c5c(c6ccccc6c6c5c5ccccc5n6-c5ccccc5)c5ccccc5c43)cc2)nc(-c2ccccc2)c1/C=C\C. The van der Waals surface area contributed by atoms with Crippen molar-refractivity contribution in [3.8, 4) is 34.0 Å². The quantitative estimate of drug-likeness (QED) is 0.125. The molecule has 3 heterocycles. The normalized spacial score (nSPS) is 12.0. The van der Waals surface area contributed by atoms with Crippen LogP contribution in [-0.4, -0.2) is 25.8 Å². The van der Waals surface area contributed by atoms with Crippen LogP contribution in [0.3, 0.4) is 0 Å². The fourth-order valence-corrected chi connectivity index (χ4v) is 9.82. The Morgan fingerprint density at radius 2 is 0.918 bits per heavy atom. The Labute approximate surface area is 351 Å². The summed E-state index contributed by atoms with van der Waals surface area (Å²) in [6.07, 6.45) is 3.99. The molecule has 0 saturated carbocycles. The minimum absolute atomic E-state index is 0.555. The van der Waals surface area contributed by atoms with Gasteiger partial charge >= 0.3 is 0 Å². The number of allylic oxidation sites excluding steroid dienone is 1. The number of aromatic nitrogens is 4. The first-order valence-corrected chi connectivity index (χ1v) is 20.7. The van der Waals surface area contributed by atoms with Gasteiger partial charge in [-0.15, -0.1) is 0 Å². The monoisotopic (exact) mass is 779 g/mol. The van der Waals surface area contributed by atoms with E-state index in [9.17, 15) is 0 Å². The molecule has 12 aromatic rings. The van der Waals surface area contributed by atoms with Crippen molar-refractivity contribution in [1.82, 2.24) is 19.1 Å². The lowest BCUT2D eigenvalue weighted by atomic mass is 9.89. The maximum Gasteiger partial charge on any atom is 0.163 e. The Bertz CT molecular complexity index is 3760. The van der Waals surface area contributed by atoms with Gasteiger partial charge in [0.15, 0.2) is 11.6 Å². The Morgan fingerprint density at radius 3 is 1.46 bits per heavy atom. The number of hydrogen-bond acceptors (Lipinski definition) is 3. The lowest BCUT2D eigenvalue weighted by molar-refractivity contribution is 1.15. The molecule has 0 aliphatic carbocycles. The van der Waals surface area contributed by atoms with E-state index in [1.165, 1.54) is 70.4 Å². The highest BCUT2D eigenvalue weighted by molar-refractivity contribution is 6.45. The molecule has 0 amide bonds. The fourth-order valence-electron chi connectivity index (χ4n) is 9.82. The number of benzene rings is 9. The molecule has 5 heteroatoms. The van der Waals surface area contributed by atoms with Gasteiger partial charge in [0, 0.05) is 65.8 Å². The molecule has 0 aliphatic rings. The van der Waals surface area contributed by atoms with E-state index in [1.54, 1.807) is 0 Å². The molecule has 9 aromatic carbocycles. The predicted molar refractivity (Wildman–Crippen MR) is 258 cm³/mol. The minimum Gasteiger partial charge on any atom is -0.309 e. The lowest BCUT2D eigenvalue weighted by Gasteiger charge is -2.16. The Morgan fingerprint density at radius 1 is 0.443 bits per heavy atom. The zero-order chi connectivity index (χ0) is 40.6. The van der Waals surface area contributed by atoms with Crippen molar-refractivity contribution in [2.24, 2.45) is 4.99 Å². The largest absolute Gasteiger partial charge is 0.309 e. The third-order valence-corrected chi connectivity index (χ3v) is 12.3. The van der Waals surface area contributed by atoms with Gasteiger partial charge in [-0.05, 0) is 78.3 Å². The Kier molecular flexibility index (Phi) is 7.84. The highest BCUT2D eigenvalue weighted by atomic mass is 15.0. The zero-order valence-electron chi connectivity index (χ0n) is 33.4. The van der Waals surface area contributed by atoms with Crippen molar-refractivity contribution in [2.45, 2.75) is 6.92 Å². The van der Waals surface area contributed by atoms with E-state index < -0.39 is 0 Å². The molecule has 0 N–H and O–H groups in total. The Balaban J connectivity index is 1.20. The second-order valence-corrected chi connectivity index (χ2v) is 15.5. The van der Waals surface area contributed by atoms with Crippen LogP contribution in [0, 0.1) is 0 Å². The number of aliphatic imine (C=N–C) groups is 1. The van der Waals surface area contributed by atoms with Crippen LogP contribution in [0.4, 0.5) is 5.82 Å². The van der Waals surface area contributed by atoms with Gasteiger partial charge in [0.25, 0.3) is 0 Å². The van der Waals surface area contributed by atoms with Gasteiger partial charge in [0.2, 0.25) is 0 Å². The topological polar surface area (TPSA) is 48.0 Å². The molecule has 0 spiro atoms. The summed E-state index contributed by atoms with van der Waals surface area (Å²) in [6, 6.07) is 65.3. The maximum absolute atomic E-state index is 5.15. The van der Waals surface area contributed by atoms with Crippen LogP contribution in [-0.2, 0) is 0 Å². The van der Waals surface area contributed by atoms with Gasteiger partial charge in [-0.3, -0.25) is 0 Å². The molecule has 0 fully saturated rings. The predicted octanol–water partition coefficient (Wildman–Crippen LogP) is 14.8. The fraction of sp³-hybridized carbons (Fsp3) is 0.0179. The molecule has 12 rings (SSSR count). The van der Waals surface area contributed by atoms with Gasteiger partial charge in [0.05, 0.1) is 27.8 Å². The number of hydrogen-bond donors (Lipinski definition) is 0. The summed E-state index contributed by atoms with van der Waals surface area (Å²) in [6.45, 7) is 5.87. The number of rotatable bonds is 6. The van der Waals surface area contributed by atoms with Crippen molar-refractivity contribution < 1.29 is 0 Å². The zero-order valence-corrected chi connectivity index (χ0v) is 33.4. The molecule has 286 valence electrons. The van der Waals surface area contributed by atoms with Crippen LogP contribution in [0.25, 0.3) is 116 Å². The van der Waals surface area contributed by atoms with Gasteiger partial charge in [-0.1, -0.05) is 146 Å². The van der Waals surface area contributed by atoms with Crippen LogP contribution < -0.4 is 0 Å². The third-order valence-electron chi connectivity index (χ3n) is 12.3. The summed E-state index contributed by atoms with van der Waals surface area (Å²) in [5, 5.41) is 12.4. The Hall–Kier alpha value is -8.15. The van der Waals surface area contributed by atoms with Crippen molar-refractivity contribution in [1.29, 1.82) is 0 Å². The molecule has 5 nitrogen and oxygen atoms in total. The number of nitrogens with zero attached hydrogens (tertiary/aromatic N) is 5. The van der Waals surface area contributed by atoms with E-state index in [0.717, 1.165) is 39.3 Å². The van der Waals surface area contributed by atoms with Crippen LogP contribution in [0.15, 0.2) is 193 Å². The highest BCUT2D eigenvalue weighted by Crippen LogP contribution is 2.50. The van der Waals surface area contributed by atoms with Crippen LogP contribution in [0.1, 0.15) is 12.5 Å². The van der Waals surface area contributed by atoms with E-state index >= 15 is 0 Å². The van der Waals surface area contributed by atoms with E-state index in [0.29, 0.717) is 11.6 Å². The average Bonchev–Trinajstić information content (AvgIpc) is 3.87. The molecule has 0 bridgehead atoms. The van der Waals surface area contributed by atoms with Crippen LogP contribution in [0.2, 0.25) is 0 Å². The second kappa shape index (κ2) is 13.7. The van der Waals surface area contributed by atoms with Crippen LogP contribution >= 0.6 is 0 Å². The first-order chi connectivity index (χ1) is 30.2. The summed E-state index contributed by atoms with van der Waals surface area (Å²) >= 11 is 0. The number of fused-ring (bicyclic) bond motifs is 15. The van der Waals surface area contributed by atoms with E-state index in [2.05, 4.69) is 185 Å². The molecule has 0 radical (unpaired) electrons. The summed E-state index contributed by atoms with van der Waals surface area (Å²) in [7, 11) is 0. The molecule has 0 unspecified atom stereocenters. The van der Waals surface area contributed by atoms with Crippen molar-refractivity contribution in [2.75, 3.05) is 0 Å². The van der Waals surface area contributed by atoms with Crippen molar-refractivity contribution >= 4 is 94.5 Å². The average molecular weight is 780 g/mol.